The molecule has 25 heavy (non-hydrogen) atoms. The summed E-state index contributed by atoms with van der Waals surface area (Å²) in [5.41, 5.74) is 0.593. The molecule has 2 aromatic heterocycles. The molecule has 0 unspecified atom stereocenters. The van der Waals surface area contributed by atoms with Crippen LogP contribution in [0.2, 0.25) is 0 Å². The highest BCUT2D eigenvalue weighted by molar-refractivity contribution is 8.00. The number of fused-ring (bicyclic) bond motifs is 1. The SMILES string of the molecule is CCc1cc2c(SCC(=O)c3ccc(OC)c(OC)c3)ncnc2s1. The average molecular weight is 374 g/mol. The predicted molar refractivity (Wildman–Crippen MR) is 101 cm³/mol. The van der Waals surface area contributed by atoms with Gasteiger partial charge in [0.15, 0.2) is 17.3 Å². The maximum atomic E-state index is 12.5. The highest BCUT2D eigenvalue weighted by atomic mass is 32.2. The van der Waals surface area contributed by atoms with Crippen molar-refractivity contribution in [3.63, 3.8) is 0 Å². The molecule has 0 N–H and O–H groups in total. The van der Waals surface area contributed by atoms with Gasteiger partial charge in [0.2, 0.25) is 0 Å². The highest BCUT2D eigenvalue weighted by Gasteiger charge is 2.14. The fourth-order valence-electron chi connectivity index (χ4n) is 2.40. The molecule has 2 heterocycles. The van der Waals surface area contributed by atoms with Crippen LogP contribution in [0.5, 0.6) is 11.5 Å². The number of ketones is 1. The first kappa shape index (κ1) is 17.7. The molecule has 1 aromatic carbocycles. The Morgan fingerprint density at radius 2 is 1.96 bits per heavy atom. The summed E-state index contributed by atoms with van der Waals surface area (Å²) in [5.74, 6) is 1.48. The summed E-state index contributed by atoms with van der Waals surface area (Å²) in [6, 6.07) is 7.31. The van der Waals surface area contributed by atoms with Crippen molar-refractivity contribution in [3.8, 4) is 11.5 Å². The topological polar surface area (TPSA) is 61.3 Å². The summed E-state index contributed by atoms with van der Waals surface area (Å²) >= 11 is 3.11. The molecular formula is C18H18N2O3S2. The highest BCUT2D eigenvalue weighted by Crippen LogP contribution is 2.32. The quantitative estimate of drug-likeness (QED) is 0.350. The van der Waals surface area contributed by atoms with Crippen molar-refractivity contribution in [2.24, 2.45) is 0 Å². The normalized spacial score (nSPS) is 10.8. The van der Waals surface area contributed by atoms with Crippen LogP contribution in [-0.2, 0) is 6.42 Å². The van der Waals surface area contributed by atoms with E-state index in [0.29, 0.717) is 22.8 Å². The fraction of sp³-hybridized carbons (Fsp3) is 0.278. The molecule has 0 amide bonds. The van der Waals surface area contributed by atoms with Gasteiger partial charge in [0.1, 0.15) is 16.2 Å². The summed E-state index contributed by atoms with van der Waals surface area (Å²) in [6.45, 7) is 2.12. The van der Waals surface area contributed by atoms with Crippen molar-refractivity contribution in [3.05, 3.63) is 41.0 Å². The number of hydrogen-bond acceptors (Lipinski definition) is 7. The predicted octanol–water partition coefficient (Wildman–Crippen LogP) is 4.25. The van der Waals surface area contributed by atoms with Gasteiger partial charge >= 0.3 is 0 Å². The summed E-state index contributed by atoms with van der Waals surface area (Å²) in [4.78, 5) is 23.4. The molecule has 0 aliphatic heterocycles. The Kier molecular flexibility index (Phi) is 5.55. The van der Waals surface area contributed by atoms with Crippen LogP contribution in [0, 0.1) is 0 Å². The maximum absolute atomic E-state index is 12.5. The van der Waals surface area contributed by atoms with Crippen LogP contribution in [0.25, 0.3) is 10.2 Å². The van der Waals surface area contributed by atoms with Crippen LogP contribution in [0.15, 0.2) is 35.6 Å². The van der Waals surface area contributed by atoms with E-state index in [-0.39, 0.29) is 5.78 Å². The van der Waals surface area contributed by atoms with Gasteiger partial charge in [-0.1, -0.05) is 18.7 Å². The van der Waals surface area contributed by atoms with Gasteiger partial charge in [-0.25, -0.2) is 9.97 Å². The lowest BCUT2D eigenvalue weighted by molar-refractivity contribution is 0.102. The lowest BCUT2D eigenvalue weighted by Crippen LogP contribution is -2.04. The van der Waals surface area contributed by atoms with E-state index in [1.807, 2.05) is 0 Å². The van der Waals surface area contributed by atoms with Crippen LogP contribution < -0.4 is 9.47 Å². The number of benzene rings is 1. The Bertz CT molecular complexity index is 908. The van der Waals surface area contributed by atoms with Crippen molar-refractivity contribution < 1.29 is 14.3 Å². The van der Waals surface area contributed by atoms with Crippen molar-refractivity contribution in [1.29, 1.82) is 0 Å². The zero-order chi connectivity index (χ0) is 17.8. The standard InChI is InChI=1S/C18H18N2O3S2/c1-4-12-8-13-17(19-10-20-18(13)25-12)24-9-14(21)11-5-6-15(22-2)16(7-11)23-3/h5-8,10H,4,9H2,1-3H3. The third kappa shape index (κ3) is 3.77. The second-order valence-electron chi connectivity index (χ2n) is 5.25. The lowest BCUT2D eigenvalue weighted by Gasteiger charge is -2.09. The van der Waals surface area contributed by atoms with Crippen molar-refractivity contribution in [2.45, 2.75) is 18.4 Å². The van der Waals surface area contributed by atoms with Crippen molar-refractivity contribution in [2.75, 3.05) is 20.0 Å². The van der Waals surface area contributed by atoms with Gasteiger partial charge in [-0.05, 0) is 30.7 Å². The second-order valence-corrected chi connectivity index (χ2v) is 7.32. The van der Waals surface area contributed by atoms with E-state index in [9.17, 15) is 4.79 Å². The van der Waals surface area contributed by atoms with Crippen molar-refractivity contribution in [1.82, 2.24) is 9.97 Å². The van der Waals surface area contributed by atoms with E-state index in [1.54, 1.807) is 50.1 Å². The van der Waals surface area contributed by atoms with E-state index >= 15 is 0 Å². The van der Waals surface area contributed by atoms with Crippen LogP contribution >= 0.6 is 23.1 Å². The molecule has 7 heteroatoms. The van der Waals surface area contributed by atoms with Crippen LogP contribution in [0.3, 0.4) is 0 Å². The van der Waals surface area contributed by atoms with Gasteiger partial charge < -0.3 is 9.47 Å². The van der Waals surface area contributed by atoms with Crippen LogP contribution in [-0.4, -0.2) is 35.7 Å². The molecule has 0 spiro atoms. The minimum Gasteiger partial charge on any atom is -0.493 e. The number of carbonyl (C=O) groups excluding carboxylic acids is 1. The molecule has 0 saturated carbocycles. The van der Waals surface area contributed by atoms with E-state index < -0.39 is 0 Å². The monoisotopic (exact) mass is 374 g/mol. The number of methoxy groups -OCH3 is 2. The van der Waals surface area contributed by atoms with Crippen molar-refractivity contribution >= 4 is 39.1 Å². The number of aryl methyl sites for hydroxylation is 1. The second kappa shape index (κ2) is 7.84. The molecule has 0 aliphatic rings. The molecule has 3 rings (SSSR count). The molecule has 0 radical (unpaired) electrons. The summed E-state index contributed by atoms with van der Waals surface area (Å²) in [7, 11) is 3.13. The molecule has 0 fully saturated rings. The van der Waals surface area contributed by atoms with Gasteiger partial charge in [-0.3, -0.25) is 4.79 Å². The molecule has 3 aromatic rings. The zero-order valence-electron chi connectivity index (χ0n) is 14.2. The minimum atomic E-state index is 0.0173. The molecule has 0 aliphatic carbocycles. The van der Waals surface area contributed by atoms with Crippen LogP contribution in [0.4, 0.5) is 0 Å². The lowest BCUT2D eigenvalue weighted by atomic mass is 10.1. The van der Waals surface area contributed by atoms with Gasteiger partial charge in [-0.2, -0.15) is 0 Å². The van der Waals surface area contributed by atoms with E-state index in [0.717, 1.165) is 21.7 Å². The van der Waals surface area contributed by atoms with E-state index in [1.165, 1.54) is 16.6 Å². The number of Topliss-reactive ketones (excluding diaryl/α,β-unsaturated/α-hetero) is 1. The Morgan fingerprint density at radius 1 is 1.16 bits per heavy atom. The number of ether oxygens (including phenoxy) is 2. The zero-order valence-corrected chi connectivity index (χ0v) is 15.9. The van der Waals surface area contributed by atoms with E-state index in [4.69, 9.17) is 9.47 Å². The molecule has 0 atom stereocenters. The third-order valence-corrected chi connectivity index (χ3v) is 5.93. The molecule has 5 nitrogen and oxygen atoms in total. The van der Waals surface area contributed by atoms with E-state index in [2.05, 4.69) is 23.0 Å². The summed E-state index contributed by atoms with van der Waals surface area (Å²) in [6.07, 6.45) is 2.52. The first-order valence-electron chi connectivity index (χ1n) is 7.77. The van der Waals surface area contributed by atoms with Crippen LogP contribution in [0.1, 0.15) is 22.2 Å². The number of rotatable bonds is 7. The largest absolute Gasteiger partial charge is 0.493 e. The first-order chi connectivity index (χ1) is 12.2. The summed E-state index contributed by atoms with van der Waals surface area (Å²) < 4.78 is 10.5. The Labute approximate surface area is 154 Å². The maximum Gasteiger partial charge on any atom is 0.173 e. The Balaban J connectivity index is 1.77. The molecule has 0 saturated heterocycles. The molecule has 0 bridgehead atoms. The number of thioether (sulfide) groups is 1. The molecule has 130 valence electrons. The Morgan fingerprint density at radius 3 is 2.68 bits per heavy atom. The number of hydrogen-bond donors (Lipinski definition) is 0. The Hall–Kier alpha value is -2.12. The number of aromatic nitrogens is 2. The third-order valence-electron chi connectivity index (χ3n) is 3.74. The smallest absolute Gasteiger partial charge is 0.173 e. The number of carbonyl (C=O) groups is 1. The first-order valence-corrected chi connectivity index (χ1v) is 9.58. The van der Waals surface area contributed by atoms with Gasteiger partial charge in [-0.15, -0.1) is 11.3 Å². The van der Waals surface area contributed by atoms with Gasteiger partial charge in [0.05, 0.1) is 20.0 Å². The average Bonchev–Trinajstić information content (AvgIpc) is 3.09. The fourth-order valence-corrected chi connectivity index (χ4v) is 4.27. The summed E-state index contributed by atoms with van der Waals surface area (Å²) in [5, 5.41) is 1.87. The molecular weight excluding hydrogens is 356 g/mol. The number of thiophene rings is 1. The number of nitrogens with zero attached hydrogens (tertiary/aromatic N) is 2. The van der Waals surface area contributed by atoms with Gasteiger partial charge in [0, 0.05) is 15.8 Å². The minimum absolute atomic E-state index is 0.0173. The van der Waals surface area contributed by atoms with Gasteiger partial charge in [0.25, 0.3) is 0 Å².